The normalized spacial score (nSPS) is 10.5. The Kier molecular flexibility index (Phi) is 7.25. The van der Waals surface area contributed by atoms with Crippen molar-refractivity contribution >= 4 is 29.6 Å². The molecular formula is C15H17ClO6. The SMILES string of the molecule is CCOC(=O)COc1c(Cl)cc(/C=C/C(=O)O)cc1OCC. The van der Waals surface area contributed by atoms with E-state index in [1.54, 1.807) is 19.9 Å². The molecule has 0 aromatic heterocycles. The highest BCUT2D eigenvalue weighted by Gasteiger charge is 2.14. The van der Waals surface area contributed by atoms with E-state index in [2.05, 4.69) is 0 Å². The topological polar surface area (TPSA) is 82.1 Å². The van der Waals surface area contributed by atoms with Gasteiger partial charge in [0.25, 0.3) is 0 Å². The second-order valence-electron chi connectivity index (χ2n) is 4.03. The molecule has 0 amide bonds. The molecule has 0 aliphatic heterocycles. The van der Waals surface area contributed by atoms with Crippen LogP contribution in [0.4, 0.5) is 0 Å². The molecule has 120 valence electrons. The van der Waals surface area contributed by atoms with Crippen LogP contribution in [0.25, 0.3) is 6.08 Å². The molecule has 0 heterocycles. The van der Waals surface area contributed by atoms with E-state index in [1.807, 2.05) is 0 Å². The number of benzene rings is 1. The van der Waals surface area contributed by atoms with Crippen LogP contribution in [-0.4, -0.2) is 36.9 Å². The van der Waals surface area contributed by atoms with Crippen molar-refractivity contribution in [1.29, 1.82) is 0 Å². The maximum absolute atomic E-state index is 11.3. The fourth-order valence-electron chi connectivity index (χ4n) is 1.59. The number of carbonyl (C=O) groups excluding carboxylic acids is 1. The van der Waals surface area contributed by atoms with Gasteiger partial charge in [-0.2, -0.15) is 0 Å². The molecule has 0 atom stereocenters. The summed E-state index contributed by atoms with van der Waals surface area (Å²) in [6.45, 7) is 3.80. The summed E-state index contributed by atoms with van der Waals surface area (Å²) in [5.74, 6) is -1.05. The minimum absolute atomic E-state index is 0.209. The van der Waals surface area contributed by atoms with Crippen LogP contribution in [0.1, 0.15) is 19.4 Å². The monoisotopic (exact) mass is 328 g/mol. The molecule has 7 heteroatoms. The lowest BCUT2D eigenvalue weighted by atomic mass is 10.2. The second kappa shape index (κ2) is 8.94. The first kappa shape index (κ1) is 17.8. The van der Waals surface area contributed by atoms with Gasteiger partial charge in [-0.1, -0.05) is 11.6 Å². The minimum Gasteiger partial charge on any atom is -0.490 e. The van der Waals surface area contributed by atoms with Gasteiger partial charge in [0, 0.05) is 6.08 Å². The largest absolute Gasteiger partial charge is 0.490 e. The third-order valence-electron chi connectivity index (χ3n) is 2.39. The molecule has 0 radical (unpaired) electrons. The van der Waals surface area contributed by atoms with Gasteiger partial charge >= 0.3 is 11.9 Å². The molecule has 1 rings (SSSR count). The predicted octanol–water partition coefficient (Wildman–Crippen LogP) is 2.78. The molecular weight excluding hydrogens is 312 g/mol. The molecule has 1 aromatic carbocycles. The lowest BCUT2D eigenvalue weighted by Gasteiger charge is -2.14. The van der Waals surface area contributed by atoms with E-state index in [0.717, 1.165) is 6.08 Å². The fraction of sp³-hybridized carbons (Fsp3) is 0.333. The van der Waals surface area contributed by atoms with Crippen LogP contribution in [0, 0.1) is 0 Å². The molecule has 0 saturated heterocycles. The maximum atomic E-state index is 11.3. The Morgan fingerprint density at radius 3 is 2.55 bits per heavy atom. The first-order chi connectivity index (χ1) is 10.5. The zero-order valence-electron chi connectivity index (χ0n) is 12.3. The fourth-order valence-corrected chi connectivity index (χ4v) is 1.86. The minimum atomic E-state index is -1.07. The number of halogens is 1. The summed E-state index contributed by atoms with van der Waals surface area (Å²) >= 11 is 6.11. The summed E-state index contributed by atoms with van der Waals surface area (Å²) in [6.07, 6.45) is 2.37. The standard InChI is InChI=1S/C15H17ClO6/c1-3-20-12-8-10(5-6-13(17)18)7-11(16)15(12)22-9-14(19)21-4-2/h5-8H,3-4,9H2,1-2H3,(H,17,18)/b6-5+. The van der Waals surface area contributed by atoms with Gasteiger partial charge < -0.3 is 19.3 Å². The Hall–Kier alpha value is -2.21. The molecule has 0 spiro atoms. The number of ether oxygens (including phenoxy) is 3. The number of carboxylic acid groups (broad SMARTS) is 1. The summed E-state index contributed by atoms with van der Waals surface area (Å²) in [4.78, 5) is 21.9. The Bertz CT molecular complexity index is 567. The number of rotatable bonds is 8. The van der Waals surface area contributed by atoms with Crippen molar-refractivity contribution in [2.24, 2.45) is 0 Å². The van der Waals surface area contributed by atoms with Gasteiger partial charge in [-0.15, -0.1) is 0 Å². The molecule has 0 saturated carbocycles. The number of carboxylic acids is 1. The number of hydrogen-bond donors (Lipinski definition) is 1. The molecule has 0 bridgehead atoms. The first-order valence-electron chi connectivity index (χ1n) is 6.63. The highest BCUT2D eigenvalue weighted by molar-refractivity contribution is 6.32. The van der Waals surface area contributed by atoms with Crippen molar-refractivity contribution in [2.75, 3.05) is 19.8 Å². The Labute approximate surface area is 133 Å². The van der Waals surface area contributed by atoms with Crippen molar-refractivity contribution in [2.45, 2.75) is 13.8 Å². The second-order valence-corrected chi connectivity index (χ2v) is 4.44. The molecule has 22 heavy (non-hydrogen) atoms. The van der Waals surface area contributed by atoms with Crippen LogP contribution in [0.5, 0.6) is 11.5 Å². The van der Waals surface area contributed by atoms with Crippen LogP contribution in [0.15, 0.2) is 18.2 Å². The molecule has 0 unspecified atom stereocenters. The molecule has 0 fully saturated rings. The van der Waals surface area contributed by atoms with Crippen molar-refractivity contribution < 1.29 is 28.9 Å². The molecule has 0 aliphatic rings. The van der Waals surface area contributed by atoms with Crippen LogP contribution in [0.2, 0.25) is 5.02 Å². The Balaban J connectivity index is 3.00. The smallest absolute Gasteiger partial charge is 0.344 e. The summed E-state index contributed by atoms with van der Waals surface area (Å²) in [6, 6.07) is 3.10. The predicted molar refractivity (Wildman–Crippen MR) is 81.4 cm³/mol. The van der Waals surface area contributed by atoms with Crippen molar-refractivity contribution in [3.05, 3.63) is 28.8 Å². The highest BCUT2D eigenvalue weighted by atomic mass is 35.5. The van der Waals surface area contributed by atoms with E-state index >= 15 is 0 Å². The van der Waals surface area contributed by atoms with E-state index in [-0.39, 0.29) is 24.0 Å². The molecule has 0 aliphatic carbocycles. The number of esters is 1. The third-order valence-corrected chi connectivity index (χ3v) is 2.67. The average Bonchev–Trinajstić information content (AvgIpc) is 2.44. The van der Waals surface area contributed by atoms with E-state index in [4.69, 9.17) is 30.9 Å². The van der Waals surface area contributed by atoms with Crippen LogP contribution >= 0.6 is 11.6 Å². The van der Waals surface area contributed by atoms with Crippen molar-refractivity contribution in [3.63, 3.8) is 0 Å². The van der Waals surface area contributed by atoms with Gasteiger partial charge in [-0.25, -0.2) is 9.59 Å². The quantitative estimate of drug-likeness (QED) is 0.583. The van der Waals surface area contributed by atoms with Gasteiger partial charge in [-0.05, 0) is 37.6 Å². The van der Waals surface area contributed by atoms with Crippen molar-refractivity contribution in [3.8, 4) is 11.5 Å². The van der Waals surface area contributed by atoms with Crippen LogP contribution < -0.4 is 9.47 Å². The number of hydrogen-bond acceptors (Lipinski definition) is 5. The van der Waals surface area contributed by atoms with Crippen molar-refractivity contribution in [1.82, 2.24) is 0 Å². The van der Waals surface area contributed by atoms with E-state index in [9.17, 15) is 9.59 Å². The number of carbonyl (C=O) groups is 2. The van der Waals surface area contributed by atoms with E-state index in [1.165, 1.54) is 12.1 Å². The molecule has 6 nitrogen and oxygen atoms in total. The maximum Gasteiger partial charge on any atom is 0.344 e. The third kappa shape index (κ3) is 5.65. The zero-order valence-corrected chi connectivity index (χ0v) is 13.1. The van der Waals surface area contributed by atoms with E-state index < -0.39 is 11.9 Å². The summed E-state index contributed by atoms with van der Waals surface area (Å²) < 4.78 is 15.5. The Morgan fingerprint density at radius 1 is 1.23 bits per heavy atom. The Morgan fingerprint density at radius 2 is 1.95 bits per heavy atom. The zero-order chi connectivity index (χ0) is 16.5. The van der Waals surface area contributed by atoms with Gasteiger partial charge in [-0.3, -0.25) is 0 Å². The first-order valence-corrected chi connectivity index (χ1v) is 7.01. The lowest BCUT2D eigenvalue weighted by Crippen LogP contribution is -2.15. The lowest BCUT2D eigenvalue weighted by molar-refractivity contribution is -0.145. The highest BCUT2D eigenvalue weighted by Crippen LogP contribution is 2.37. The van der Waals surface area contributed by atoms with E-state index in [0.29, 0.717) is 17.9 Å². The summed E-state index contributed by atoms with van der Waals surface area (Å²) in [5, 5.41) is 8.85. The molecule has 1 N–H and O–H groups in total. The molecule has 1 aromatic rings. The van der Waals surface area contributed by atoms with Crippen LogP contribution in [-0.2, 0) is 14.3 Å². The van der Waals surface area contributed by atoms with Crippen LogP contribution in [0.3, 0.4) is 0 Å². The van der Waals surface area contributed by atoms with Gasteiger partial charge in [0.2, 0.25) is 0 Å². The number of aliphatic carboxylic acids is 1. The summed E-state index contributed by atoms with van der Waals surface area (Å²) in [5.41, 5.74) is 0.541. The summed E-state index contributed by atoms with van der Waals surface area (Å²) in [7, 11) is 0. The van der Waals surface area contributed by atoms with Gasteiger partial charge in [0.05, 0.1) is 18.2 Å². The average molecular weight is 329 g/mol. The van der Waals surface area contributed by atoms with Gasteiger partial charge in [0.1, 0.15) is 0 Å². The van der Waals surface area contributed by atoms with Gasteiger partial charge in [0.15, 0.2) is 18.1 Å².